The molecule has 0 saturated carbocycles. The lowest BCUT2D eigenvalue weighted by atomic mass is 10.2. The van der Waals surface area contributed by atoms with Crippen molar-refractivity contribution in [2.45, 2.75) is 6.92 Å². The number of aryl methyl sites for hydroxylation is 1. The van der Waals surface area contributed by atoms with Crippen molar-refractivity contribution in [3.8, 4) is 0 Å². The molecule has 114 valence electrons. The smallest absolute Gasteiger partial charge is 0.0874 e. The van der Waals surface area contributed by atoms with Crippen LogP contribution in [0.4, 0.5) is 11.4 Å². The Bertz CT molecular complexity index is 697. The predicted molar refractivity (Wildman–Crippen MR) is 95.1 cm³/mol. The maximum absolute atomic E-state index is 6.27. The van der Waals surface area contributed by atoms with E-state index < -0.39 is 0 Å². The average Bonchev–Trinajstić information content (AvgIpc) is 2.51. The molecule has 0 atom stereocenters. The highest BCUT2D eigenvalue weighted by atomic mass is 35.5. The predicted octanol–water partition coefficient (Wildman–Crippen LogP) is 4.03. The molecule has 1 aromatic carbocycles. The van der Waals surface area contributed by atoms with Crippen LogP contribution in [0.2, 0.25) is 5.02 Å². The van der Waals surface area contributed by atoms with Crippen LogP contribution in [-0.2, 0) is 0 Å². The Labute approximate surface area is 136 Å². The van der Waals surface area contributed by atoms with E-state index in [-0.39, 0.29) is 0 Å². The van der Waals surface area contributed by atoms with Gasteiger partial charge in [-0.1, -0.05) is 24.2 Å². The molecule has 0 bridgehead atoms. The van der Waals surface area contributed by atoms with Gasteiger partial charge in [0.15, 0.2) is 0 Å². The number of rotatable bonds is 6. The third kappa shape index (κ3) is 3.65. The number of para-hydroxylation sites is 1. The van der Waals surface area contributed by atoms with Crippen LogP contribution in [-0.4, -0.2) is 25.4 Å². The number of anilines is 1. The van der Waals surface area contributed by atoms with Crippen LogP contribution in [0.3, 0.4) is 0 Å². The van der Waals surface area contributed by atoms with Crippen LogP contribution in [0.1, 0.15) is 11.3 Å². The Morgan fingerprint density at radius 1 is 1.41 bits per heavy atom. The fraction of sp³-hybridized carbons (Fsp3) is 0.176. The van der Waals surface area contributed by atoms with Gasteiger partial charge in [0.1, 0.15) is 0 Å². The number of nitrogens with one attached hydrogen (secondary N) is 1. The van der Waals surface area contributed by atoms with Gasteiger partial charge in [0.25, 0.3) is 0 Å². The summed E-state index contributed by atoms with van der Waals surface area (Å²) < 4.78 is 0. The molecule has 2 aromatic rings. The van der Waals surface area contributed by atoms with Crippen molar-refractivity contribution in [1.29, 1.82) is 0 Å². The van der Waals surface area contributed by atoms with Gasteiger partial charge in [-0.3, -0.25) is 9.98 Å². The highest BCUT2D eigenvalue weighted by Gasteiger charge is 2.11. The van der Waals surface area contributed by atoms with E-state index in [0.29, 0.717) is 11.7 Å². The average molecular weight is 315 g/mol. The number of benzene rings is 1. The summed E-state index contributed by atoms with van der Waals surface area (Å²) in [6, 6.07) is 9.49. The van der Waals surface area contributed by atoms with E-state index in [1.165, 1.54) is 0 Å². The number of hydrogen-bond acceptors (Lipinski definition) is 4. The Hall–Kier alpha value is -2.33. The Kier molecular flexibility index (Phi) is 5.17. The van der Waals surface area contributed by atoms with E-state index in [4.69, 9.17) is 11.6 Å². The maximum Gasteiger partial charge on any atom is 0.0874 e. The van der Waals surface area contributed by atoms with Gasteiger partial charge in [0.05, 0.1) is 23.1 Å². The van der Waals surface area contributed by atoms with E-state index >= 15 is 0 Å². The quantitative estimate of drug-likeness (QED) is 0.646. The Balaban J connectivity index is 2.09. The van der Waals surface area contributed by atoms with Gasteiger partial charge in [-0.05, 0) is 37.9 Å². The second-order valence-corrected chi connectivity index (χ2v) is 5.37. The van der Waals surface area contributed by atoms with E-state index in [2.05, 4.69) is 28.6 Å². The van der Waals surface area contributed by atoms with Crippen molar-refractivity contribution in [1.82, 2.24) is 10.3 Å². The van der Waals surface area contributed by atoms with Crippen LogP contribution in [0.5, 0.6) is 0 Å². The molecule has 1 aromatic heterocycles. The molecule has 22 heavy (non-hydrogen) atoms. The molecule has 5 heteroatoms. The standard InChI is InChI=1S/C17H19ClN4/c1-12-10-14(8-9-20-12)13(2)21-11-22(4)17-15(18)6-5-7-16(17)19-3/h5-10,21H,2-3,11H2,1,4H3. The highest BCUT2D eigenvalue weighted by Crippen LogP contribution is 2.34. The van der Waals surface area contributed by atoms with E-state index in [1.807, 2.05) is 49.2 Å². The lowest BCUT2D eigenvalue weighted by Gasteiger charge is -2.24. The van der Waals surface area contributed by atoms with Gasteiger partial charge in [0.2, 0.25) is 0 Å². The normalized spacial score (nSPS) is 10.1. The molecule has 1 N–H and O–H groups in total. The van der Waals surface area contributed by atoms with Gasteiger partial charge in [-0.25, -0.2) is 0 Å². The molecular formula is C17H19ClN4. The molecule has 1 heterocycles. The van der Waals surface area contributed by atoms with Crippen LogP contribution in [0.25, 0.3) is 5.70 Å². The molecule has 4 nitrogen and oxygen atoms in total. The lowest BCUT2D eigenvalue weighted by molar-refractivity contribution is 0.828. The van der Waals surface area contributed by atoms with Crippen molar-refractivity contribution in [2.75, 3.05) is 18.6 Å². The first-order valence-corrected chi connectivity index (χ1v) is 7.23. The number of pyridine rings is 1. The first-order chi connectivity index (χ1) is 10.5. The summed E-state index contributed by atoms with van der Waals surface area (Å²) in [4.78, 5) is 10.2. The van der Waals surface area contributed by atoms with E-state index in [9.17, 15) is 0 Å². The van der Waals surface area contributed by atoms with Gasteiger partial charge in [-0.15, -0.1) is 0 Å². The monoisotopic (exact) mass is 314 g/mol. The fourth-order valence-electron chi connectivity index (χ4n) is 2.14. The molecule has 0 radical (unpaired) electrons. The van der Waals surface area contributed by atoms with Crippen molar-refractivity contribution >= 4 is 35.4 Å². The molecule has 0 unspecified atom stereocenters. The third-order valence-corrected chi connectivity index (χ3v) is 3.60. The zero-order chi connectivity index (χ0) is 16.1. The molecule has 0 aliphatic carbocycles. The molecule has 2 rings (SSSR count). The Morgan fingerprint density at radius 3 is 2.86 bits per heavy atom. The number of halogens is 1. The van der Waals surface area contributed by atoms with Gasteiger partial charge in [-0.2, -0.15) is 0 Å². The van der Waals surface area contributed by atoms with Crippen molar-refractivity contribution in [2.24, 2.45) is 4.99 Å². The number of nitrogens with zero attached hydrogens (tertiary/aromatic N) is 3. The second-order valence-electron chi connectivity index (χ2n) is 4.96. The third-order valence-electron chi connectivity index (χ3n) is 3.29. The minimum absolute atomic E-state index is 0.548. The summed E-state index contributed by atoms with van der Waals surface area (Å²) in [7, 11) is 1.94. The minimum atomic E-state index is 0.548. The molecule has 0 amide bonds. The van der Waals surface area contributed by atoms with Crippen LogP contribution >= 0.6 is 11.6 Å². The van der Waals surface area contributed by atoms with Crippen molar-refractivity contribution < 1.29 is 0 Å². The minimum Gasteiger partial charge on any atom is -0.368 e. The van der Waals surface area contributed by atoms with Crippen LogP contribution in [0.15, 0.2) is 48.1 Å². The summed E-state index contributed by atoms with van der Waals surface area (Å²) in [5.74, 6) is 0. The first kappa shape index (κ1) is 16.0. The Morgan fingerprint density at radius 2 is 2.18 bits per heavy atom. The molecule has 0 saturated heterocycles. The first-order valence-electron chi connectivity index (χ1n) is 6.85. The number of hydrogen-bond donors (Lipinski definition) is 1. The summed E-state index contributed by atoms with van der Waals surface area (Å²) in [6.07, 6.45) is 1.77. The maximum atomic E-state index is 6.27. The van der Waals surface area contributed by atoms with Crippen LogP contribution in [0, 0.1) is 6.92 Å². The zero-order valence-corrected chi connectivity index (χ0v) is 13.6. The largest absolute Gasteiger partial charge is 0.368 e. The highest BCUT2D eigenvalue weighted by molar-refractivity contribution is 6.33. The molecule has 0 fully saturated rings. The molecule has 0 spiro atoms. The fourth-order valence-corrected chi connectivity index (χ4v) is 2.45. The van der Waals surface area contributed by atoms with Crippen molar-refractivity contribution in [3.05, 3.63) is 59.4 Å². The summed E-state index contributed by atoms with van der Waals surface area (Å²) in [6.45, 7) is 10.2. The number of aromatic nitrogens is 1. The zero-order valence-electron chi connectivity index (χ0n) is 12.8. The molecule has 0 aliphatic rings. The van der Waals surface area contributed by atoms with Crippen molar-refractivity contribution in [3.63, 3.8) is 0 Å². The van der Waals surface area contributed by atoms with Gasteiger partial charge >= 0.3 is 0 Å². The summed E-state index contributed by atoms with van der Waals surface area (Å²) in [5.41, 5.74) is 4.39. The number of aliphatic imine (C=N–C) groups is 1. The SMILES string of the molecule is C=Nc1cccc(Cl)c1N(C)CNC(=C)c1ccnc(C)c1. The van der Waals surface area contributed by atoms with E-state index in [1.54, 1.807) is 6.20 Å². The van der Waals surface area contributed by atoms with Gasteiger partial charge < -0.3 is 10.2 Å². The van der Waals surface area contributed by atoms with Gasteiger partial charge in [0, 0.05) is 30.2 Å². The summed E-state index contributed by atoms with van der Waals surface area (Å²) >= 11 is 6.27. The summed E-state index contributed by atoms with van der Waals surface area (Å²) in [5, 5.41) is 3.92. The van der Waals surface area contributed by atoms with Crippen LogP contribution < -0.4 is 10.2 Å². The lowest BCUT2D eigenvalue weighted by Crippen LogP contribution is -2.30. The van der Waals surface area contributed by atoms with E-state index in [0.717, 1.165) is 28.3 Å². The molecular weight excluding hydrogens is 296 g/mol. The topological polar surface area (TPSA) is 40.5 Å². The second kappa shape index (κ2) is 7.09. The molecule has 0 aliphatic heterocycles.